The molecule has 7 nitrogen and oxygen atoms in total. The molecule has 0 radical (unpaired) electrons. The number of fused-ring (bicyclic) bond motifs is 5. The molecule has 4 aromatic carbocycles. The number of ether oxygens (including phenoxy) is 1. The largest absolute Gasteiger partial charge is 0.748 e. The summed E-state index contributed by atoms with van der Waals surface area (Å²) in [4.78, 5) is 2.08. The molecule has 6 rings (SSSR count). The molecule has 1 aromatic heterocycles. The topological polar surface area (TPSA) is 86.7 Å². The molecule has 0 N–H and O–H groups in total. The van der Waals surface area contributed by atoms with Gasteiger partial charge in [0.25, 0.3) is 5.52 Å². The molecule has 0 atom stereocenters. The molecule has 0 saturated heterocycles. The minimum absolute atomic E-state index is 0.289. The molecule has 8 heteroatoms. The van der Waals surface area contributed by atoms with Crippen LogP contribution in [0.4, 0.5) is 5.69 Å². The second kappa shape index (κ2) is 12.5. The van der Waals surface area contributed by atoms with Crippen LogP contribution in [-0.2, 0) is 16.7 Å². The van der Waals surface area contributed by atoms with Gasteiger partial charge in [0.05, 0.1) is 27.3 Å². The van der Waals surface area contributed by atoms with Crippen molar-refractivity contribution in [3.8, 4) is 5.75 Å². The Kier molecular flexibility index (Phi) is 8.47. The first-order chi connectivity index (χ1) is 21.2. The molecule has 0 amide bonds. The standard InChI is InChI=1S/C36H38N2O5S/c1-4-26(22-35-38(19-17-25(2)3)36-30-14-8-7-11-27(30)15-16-32(36)42-35)21-34-37(18-9-10-20-44(39,40)41)31-23-28-12-5-6-13-29(28)24-33(31)43-34/h5-8,11-16,21-25H,4,9-10,17-20H2,1-3H3. The van der Waals surface area contributed by atoms with Gasteiger partial charge >= 0.3 is 5.89 Å². The van der Waals surface area contributed by atoms with Crippen molar-refractivity contribution in [3.05, 3.63) is 96.2 Å². The van der Waals surface area contributed by atoms with Crippen molar-refractivity contribution < 1.29 is 26.7 Å². The number of aromatic nitrogens is 1. The van der Waals surface area contributed by atoms with Crippen LogP contribution in [0.5, 0.6) is 5.75 Å². The van der Waals surface area contributed by atoms with Gasteiger partial charge in [-0.2, -0.15) is 4.57 Å². The highest BCUT2D eigenvalue weighted by Crippen LogP contribution is 2.42. The van der Waals surface area contributed by atoms with Crippen LogP contribution in [0.25, 0.3) is 38.7 Å². The molecule has 0 fully saturated rings. The summed E-state index contributed by atoms with van der Waals surface area (Å²) in [5.41, 5.74) is 3.92. The minimum atomic E-state index is -4.26. The van der Waals surface area contributed by atoms with Crippen molar-refractivity contribution in [2.24, 2.45) is 5.92 Å². The number of nitrogens with zero attached hydrogens (tertiary/aromatic N) is 2. The zero-order valence-electron chi connectivity index (χ0n) is 25.5. The first-order valence-electron chi connectivity index (χ1n) is 15.4. The second-order valence-corrected chi connectivity index (χ2v) is 13.4. The van der Waals surface area contributed by atoms with Crippen LogP contribution in [0.2, 0.25) is 0 Å². The number of aryl methyl sites for hydroxylation is 1. The predicted octanol–water partition coefficient (Wildman–Crippen LogP) is 7.93. The quantitative estimate of drug-likeness (QED) is 0.0858. The van der Waals surface area contributed by atoms with Gasteiger partial charge in [0.2, 0.25) is 11.5 Å². The highest BCUT2D eigenvalue weighted by atomic mass is 32.2. The molecule has 2 heterocycles. The molecule has 1 aliphatic heterocycles. The zero-order chi connectivity index (χ0) is 30.8. The third kappa shape index (κ3) is 6.37. The lowest BCUT2D eigenvalue weighted by Crippen LogP contribution is -2.36. The number of anilines is 1. The maximum Gasteiger partial charge on any atom is 0.374 e. The number of allylic oxidation sites excluding steroid dienone is 2. The molecular formula is C36H38N2O5S. The van der Waals surface area contributed by atoms with Gasteiger partial charge in [-0.05, 0) is 71.2 Å². The average Bonchev–Trinajstić information content (AvgIpc) is 3.52. The smallest absolute Gasteiger partial charge is 0.374 e. The van der Waals surface area contributed by atoms with Crippen LogP contribution in [0.3, 0.4) is 0 Å². The Hall–Kier alpha value is -4.14. The van der Waals surface area contributed by atoms with Gasteiger partial charge in [0.1, 0.15) is 0 Å². The number of hydrogen-bond donors (Lipinski definition) is 0. The van der Waals surface area contributed by atoms with Crippen molar-refractivity contribution in [1.29, 1.82) is 0 Å². The van der Waals surface area contributed by atoms with Gasteiger partial charge in [0, 0.05) is 24.8 Å². The molecule has 44 heavy (non-hydrogen) atoms. The van der Waals surface area contributed by atoms with E-state index in [2.05, 4.69) is 90.9 Å². The van der Waals surface area contributed by atoms with Gasteiger partial charge < -0.3 is 18.6 Å². The van der Waals surface area contributed by atoms with Gasteiger partial charge in [0.15, 0.2) is 12.3 Å². The van der Waals surface area contributed by atoms with Crippen LogP contribution >= 0.6 is 0 Å². The van der Waals surface area contributed by atoms with E-state index in [0.717, 1.165) is 64.2 Å². The van der Waals surface area contributed by atoms with Crippen LogP contribution in [0.15, 0.2) is 94.7 Å². The van der Waals surface area contributed by atoms with E-state index < -0.39 is 10.1 Å². The Morgan fingerprint density at radius 1 is 0.977 bits per heavy atom. The highest BCUT2D eigenvalue weighted by Gasteiger charge is 2.28. The minimum Gasteiger partial charge on any atom is -0.748 e. The molecule has 5 aromatic rings. The Morgan fingerprint density at radius 2 is 1.70 bits per heavy atom. The number of unbranched alkanes of at least 4 members (excludes halogenated alkanes) is 1. The summed E-state index contributed by atoms with van der Waals surface area (Å²) in [5, 5.41) is 4.52. The summed E-state index contributed by atoms with van der Waals surface area (Å²) >= 11 is 0. The van der Waals surface area contributed by atoms with Crippen molar-refractivity contribution >= 4 is 54.5 Å². The van der Waals surface area contributed by atoms with E-state index in [9.17, 15) is 13.0 Å². The van der Waals surface area contributed by atoms with Crippen LogP contribution in [0, 0.1) is 5.92 Å². The van der Waals surface area contributed by atoms with Gasteiger partial charge in [-0.3, -0.25) is 0 Å². The third-order valence-corrected chi connectivity index (χ3v) is 8.98. The molecule has 0 spiro atoms. The highest BCUT2D eigenvalue weighted by molar-refractivity contribution is 7.85. The maximum absolute atomic E-state index is 11.2. The number of hydrogen-bond acceptors (Lipinski definition) is 6. The summed E-state index contributed by atoms with van der Waals surface area (Å²) < 4.78 is 48.9. The number of benzene rings is 4. The monoisotopic (exact) mass is 610 g/mol. The lowest BCUT2D eigenvalue weighted by molar-refractivity contribution is -0.678. The van der Waals surface area contributed by atoms with E-state index >= 15 is 0 Å². The summed E-state index contributed by atoms with van der Waals surface area (Å²) in [5.74, 6) is 2.38. The SMILES string of the molecule is CCC(=Cc1oc2ccc3ccccc3c2[n+]1CCC(C)C)C=C1Oc2cc3ccccc3cc2N1CCCCS(=O)(=O)[O-]. The van der Waals surface area contributed by atoms with Gasteiger partial charge in [-0.15, -0.1) is 0 Å². The molecular weight excluding hydrogens is 572 g/mol. The maximum atomic E-state index is 11.2. The predicted molar refractivity (Wildman–Crippen MR) is 175 cm³/mol. The molecule has 1 aliphatic rings. The van der Waals surface area contributed by atoms with E-state index in [4.69, 9.17) is 9.15 Å². The molecule has 0 saturated carbocycles. The fourth-order valence-corrected chi connectivity index (χ4v) is 6.38. The Balaban J connectivity index is 1.41. The fraction of sp³-hybridized carbons (Fsp3) is 0.306. The van der Waals surface area contributed by atoms with Crippen LogP contribution in [-0.4, -0.2) is 25.3 Å². The van der Waals surface area contributed by atoms with Crippen molar-refractivity contribution in [1.82, 2.24) is 0 Å². The van der Waals surface area contributed by atoms with Crippen LogP contribution < -0.4 is 14.2 Å². The molecule has 0 bridgehead atoms. The summed E-state index contributed by atoms with van der Waals surface area (Å²) in [6.07, 6.45) is 6.74. The lowest BCUT2D eigenvalue weighted by Gasteiger charge is -2.19. The summed E-state index contributed by atoms with van der Waals surface area (Å²) in [7, 11) is -4.26. The molecule has 228 valence electrons. The zero-order valence-corrected chi connectivity index (χ0v) is 26.3. The molecule has 0 aliphatic carbocycles. The van der Waals surface area contributed by atoms with E-state index in [1.165, 1.54) is 10.8 Å². The van der Waals surface area contributed by atoms with E-state index in [1.54, 1.807) is 0 Å². The summed E-state index contributed by atoms with van der Waals surface area (Å²) in [6, 6.07) is 24.9. The van der Waals surface area contributed by atoms with Crippen molar-refractivity contribution in [3.63, 3.8) is 0 Å². The lowest BCUT2D eigenvalue weighted by atomic mass is 10.1. The third-order valence-electron chi connectivity index (χ3n) is 8.19. The van der Waals surface area contributed by atoms with Crippen molar-refractivity contribution in [2.45, 2.75) is 53.0 Å². The Labute approximate surface area is 258 Å². The van der Waals surface area contributed by atoms with E-state index in [1.807, 2.05) is 24.3 Å². The first-order valence-corrected chi connectivity index (χ1v) is 17.0. The van der Waals surface area contributed by atoms with Crippen molar-refractivity contribution in [2.75, 3.05) is 17.2 Å². The van der Waals surface area contributed by atoms with Gasteiger partial charge in [-0.1, -0.05) is 69.3 Å². The Morgan fingerprint density at radius 3 is 2.43 bits per heavy atom. The van der Waals surface area contributed by atoms with E-state index in [-0.39, 0.29) is 12.2 Å². The fourth-order valence-electron chi connectivity index (χ4n) is 5.83. The Bertz CT molecular complexity index is 2010. The first kappa shape index (κ1) is 29.9. The number of rotatable bonds is 11. The van der Waals surface area contributed by atoms with Gasteiger partial charge in [-0.25, -0.2) is 8.42 Å². The number of oxazole rings is 1. The molecule has 0 unspecified atom stereocenters. The average molecular weight is 611 g/mol. The second-order valence-electron chi connectivity index (χ2n) is 11.9. The summed E-state index contributed by atoms with van der Waals surface area (Å²) in [6.45, 7) is 7.94. The van der Waals surface area contributed by atoms with E-state index in [0.29, 0.717) is 24.8 Å². The normalized spacial score (nSPS) is 14.8. The van der Waals surface area contributed by atoms with Crippen LogP contribution in [0.1, 0.15) is 52.3 Å².